The standard InChI is InChI=1S/C14H17ClN4/c1-10-9-19(8-7-18(10)2)13-11-5-3-4-6-12(11)16-14(15)17-13/h3-6,10H,7-9H2,1-2H3. The van der Waals surface area contributed by atoms with E-state index in [4.69, 9.17) is 11.6 Å². The molecule has 1 saturated heterocycles. The first-order valence-corrected chi connectivity index (χ1v) is 6.90. The van der Waals surface area contributed by atoms with Gasteiger partial charge < -0.3 is 9.80 Å². The number of aromatic nitrogens is 2. The van der Waals surface area contributed by atoms with Crippen molar-refractivity contribution in [2.75, 3.05) is 31.6 Å². The SMILES string of the molecule is CC1CN(c2nc(Cl)nc3ccccc23)CCN1C. The molecule has 2 heterocycles. The van der Waals surface area contributed by atoms with Crippen LogP contribution in [0.2, 0.25) is 5.28 Å². The number of hydrogen-bond donors (Lipinski definition) is 0. The van der Waals surface area contributed by atoms with Gasteiger partial charge in [0.1, 0.15) is 5.82 Å². The van der Waals surface area contributed by atoms with E-state index in [1.54, 1.807) is 0 Å². The number of likely N-dealkylation sites (N-methyl/N-ethyl adjacent to an activating group) is 1. The van der Waals surface area contributed by atoms with Crippen LogP contribution in [-0.4, -0.2) is 47.6 Å². The Labute approximate surface area is 118 Å². The van der Waals surface area contributed by atoms with Crippen LogP contribution in [0.15, 0.2) is 24.3 Å². The van der Waals surface area contributed by atoms with Gasteiger partial charge in [-0.2, -0.15) is 4.98 Å². The molecule has 2 aromatic rings. The maximum absolute atomic E-state index is 6.05. The van der Waals surface area contributed by atoms with Crippen LogP contribution in [0, 0.1) is 0 Å². The van der Waals surface area contributed by atoms with E-state index in [0.717, 1.165) is 36.4 Å². The van der Waals surface area contributed by atoms with Gasteiger partial charge in [0.2, 0.25) is 5.28 Å². The van der Waals surface area contributed by atoms with Crippen LogP contribution in [0.4, 0.5) is 5.82 Å². The van der Waals surface area contributed by atoms with Crippen LogP contribution < -0.4 is 4.90 Å². The Hall–Kier alpha value is -1.39. The fourth-order valence-electron chi connectivity index (χ4n) is 2.51. The van der Waals surface area contributed by atoms with Gasteiger partial charge >= 0.3 is 0 Å². The predicted octanol–water partition coefficient (Wildman–Crippen LogP) is 2.42. The van der Waals surface area contributed by atoms with E-state index in [0.29, 0.717) is 11.3 Å². The summed E-state index contributed by atoms with van der Waals surface area (Å²) in [6.45, 7) is 5.21. The first-order valence-electron chi connectivity index (χ1n) is 6.52. The molecule has 1 atom stereocenters. The quantitative estimate of drug-likeness (QED) is 0.749. The van der Waals surface area contributed by atoms with Crippen LogP contribution in [0.5, 0.6) is 0 Å². The van der Waals surface area contributed by atoms with E-state index >= 15 is 0 Å². The molecule has 1 unspecified atom stereocenters. The van der Waals surface area contributed by atoms with Crippen LogP contribution >= 0.6 is 11.6 Å². The largest absolute Gasteiger partial charge is 0.353 e. The van der Waals surface area contributed by atoms with Crippen molar-refractivity contribution in [3.8, 4) is 0 Å². The highest BCUT2D eigenvalue weighted by molar-refractivity contribution is 6.28. The molecule has 1 aliphatic heterocycles. The van der Waals surface area contributed by atoms with Gasteiger partial charge in [-0.05, 0) is 37.7 Å². The lowest BCUT2D eigenvalue weighted by Gasteiger charge is -2.38. The summed E-state index contributed by atoms with van der Waals surface area (Å²) in [5.41, 5.74) is 0.907. The van der Waals surface area contributed by atoms with Gasteiger partial charge in [0.05, 0.1) is 5.52 Å². The fraction of sp³-hybridized carbons (Fsp3) is 0.429. The third-order valence-corrected chi connectivity index (χ3v) is 3.98. The van der Waals surface area contributed by atoms with Crippen LogP contribution in [0.1, 0.15) is 6.92 Å². The highest BCUT2D eigenvalue weighted by Crippen LogP contribution is 2.26. The Balaban J connectivity index is 2.05. The monoisotopic (exact) mass is 276 g/mol. The summed E-state index contributed by atoms with van der Waals surface area (Å²) in [4.78, 5) is 13.4. The molecule has 1 aromatic heterocycles. The van der Waals surface area contributed by atoms with E-state index < -0.39 is 0 Å². The molecule has 0 spiro atoms. The second-order valence-electron chi connectivity index (χ2n) is 5.11. The number of fused-ring (bicyclic) bond motifs is 1. The van der Waals surface area contributed by atoms with Crippen molar-refractivity contribution in [3.05, 3.63) is 29.5 Å². The zero-order valence-corrected chi connectivity index (χ0v) is 11.9. The number of para-hydroxylation sites is 1. The van der Waals surface area contributed by atoms with Crippen LogP contribution in [0.25, 0.3) is 10.9 Å². The van der Waals surface area contributed by atoms with Crippen molar-refractivity contribution < 1.29 is 0 Å². The lowest BCUT2D eigenvalue weighted by atomic mass is 10.1. The summed E-state index contributed by atoms with van der Waals surface area (Å²) in [7, 11) is 2.16. The van der Waals surface area contributed by atoms with Gasteiger partial charge in [-0.15, -0.1) is 0 Å². The van der Waals surface area contributed by atoms with Gasteiger partial charge in [-0.3, -0.25) is 0 Å². The van der Waals surface area contributed by atoms with E-state index in [9.17, 15) is 0 Å². The molecular weight excluding hydrogens is 260 g/mol. The van der Waals surface area contributed by atoms with Gasteiger partial charge in [-0.25, -0.2) is 4.98 Å². The lowest BCUT2D eigenvalue weighted by Crippen LogP contribution is -2.50. The Morgan fingerprint density at radius 1 is 1.21 bits per heavy atom. The van der Waals surface area contributed by atoms with Gasteiger partial charge in [0, 0.05) is 31.1 Å². The zero-order chi connectivity index (χ0) is 13.4. The second-order valence-corrected chi connectivity index (χ2v) is 5.45. The smallest absolute Gasteiger partial charge is 0.224 e. The molecule has 5 heteroatoms. The third-order valence-electron chi connectivity index (χ3n) is 3.82. The Morgan fingerprint density at radius 3 is 2.79 bits per heavy atom. The molecule has 0 amide bonds. The van der Waals surface area contributed by atoms with Crippen LogP contribution in [-0.2, 0) is 0 Å². The van der Waals surface area contributed by atoms with Gasteiger partial charge in [0.25, 0.3) is 0 Å². The molecule has 1 aromatic carbocycles. The molecule has 0 saturated carbocycles. The van der Waals surface area contributed by atoms with Crippen molar-refractivity contribution in [1.29, 1.82) is 0 Å². The minimum Gasteiger partial charge on any atom is -0.353 e. The Morgan fingerprint density at radius 2 is 2.00 bits per heavy atom. The van der Waals surface area contributed by atoms with E-state index in [-0.39, 0.29) is 0 Å². The summed E-state index contributed by atoms with van der Waals surface area (Å²) in [6.07, 6.45) is 0. The fourth-order valence-corrected chi connectivity index (χ4v) is 2.69. The molecule has 0 aliphatic carbocycles. The third kappa shape index (κ3) is 2.38. The average Bonchev–Trinajstić information content (AvgIpc) is 2.41. The Kier molecular flexibility index (Phi) is 3.29. The molecule has 4 nitrogen and oxygen atoms in total. The number of hydrogen-bond acceptors (Lipinski definition) is 4. The molecule has 1 fully saturated rings. The molecule has 0 radical (unpaired) electrons. The van der Waals surface area contributed by atoms with Crippen molar-refractivity contribution in [2.45, 2.75) is 13.0 Å². The zero-order valence-electron chi connectivity index (χ0n) is 11.2. The lowest BCUT2D eigenvalue weighted by molar-refractivity contribution is 0.233. The van der Waals surface area contributed by atoms with Crippen molar-refractivity contribution in [2.24, 2.45) is 0 Å². The molecule has 0 bridgehead atoms. The number of anilines is 1. The number of piperazine rings is 1. The number of benzene rings is 1. The van der Waals surface area contributed by atoms with Crippen molar-refractivity contribution in [3.63, 3.8) is 0 Å². The molecule has 19 heavy (non-hydrogen) atoms. The van der Waals surface area contributed by atoms with E-state index in [1.807, 2.05) is 18.2 Å². The highest BCUT2D eigenvalue weighted by atomic mass is 35.5. The first-order chi connectivity index (χ1) is 9.15. The number of rotatable bonds is 1. The molecule has 0 N–H and O–H groups in total. The second kappa shape index (κ2) is 4.94. The van der Waals surface area contributed by atoms with Crippen molar-refractivity contribution >= 4 is 28.3 Å². The summed E-state index contributed by atoms with van der Waals surface area (Å²) in [5, 5.41) is 1.39. The topological polar surface area (TPSA) is 32.3 Å². The van der Waals surface area contributed by atoms with Crippen molar-refractivity contribution in [1.82, 2.24) is 14.9 Å². The van der Waals surface area contributed by atoms with Gasteiger partial charge in [-0.1, -0.05) is 12.1 Å². The predicted molar refractivity (Wildman–Crippen MR) is 78.9 cm³/mol. The summed E-state index contributed by atoms with van der Waals surface area (Å²) >= 11 is 6.05. The first kappa shape index (κ1) is 12.6. The summed E-state index contributed by atoms with van der Waals surface area (Å²) < 4.78 is 0. The Bertz CT molecular complexity index is 601. The minimum atomic E-state index is 0.320. The normalized spacial score (nSPS) is 21.0. The molecule has 100 valence electrons. The van der Waals surface area contributed by atoms with Gasteiger partial charge in [0.15, 0.2) is 0 Å². The number of halogens is 1. The maximum atomic E-state index is 6.05. The van der Waals surface area contributed by atoms with E-state index in [1.165, 1.54) is 0 Å². The highest BCUT2D eigenvalue weighted by Gasteiger charge is 2.23. The maximum Gasteiger partial charge on any atom is 0.224 e. The number of nitrogens with zero attached hydrogens (tertiary/aromatic N) is 4. The summed E-state index contributed by atoms with van der Waals surface area (Å²) in [6, 6.07) is 8.54. The molecule has 1 aliphatic rings. The summed E-state index contributed by atoms with van der Waals surface area (Å²) in [5.74, 6) is 0.954. The van der Waals surface area contributed by atoms with E-state index in [2.05, 4.69) is 39.8 Å². The molecular formula is C14H17ClN4. The van der Waals surface area contributed by atoms with Crippen LogP contribution in [0.3, 0.4) is 0 Å². The average molecular weight is 277 g/mol. The minimum absolute atomic E-state index is 0.320. The molecule has 3 rings (SSSR count).